The molecule has 1 aliphatic heterocycles. The van der Waals surface area contributed by atoms with Crippen LogP contribution in [0, 0.1) is 5.82 Å². The van der Waals surface area contributed by atoms with Gasteiger partial charge in [-0.2, -0.15) is 0 Å². The molecule has 2 heterocycles. The maximum atomic E-state index is 13.8. The molecule has 0 radical (unpaired) electrons. The molecule has 0 spiro atoms. The number of piperazine rings is 1. The van der Waals surface area contributed by atoms with Gasteiger partial charge >= 0.3 is 0 Å². The molecule has 1 fully saturated rings. The molecule has 0 bridgehead atoms. The standard InChI is InChI=1S/C19H19FN2S/c20-16-6-3-5-15(12-16)19(22-10-8-21-9-11-22)18-13-14-4-1-2-7-17(14)23-18/h1-7,12-13,19,21H,8-11H2. The molecule has 0 saturated carbocycles. The van der Waals surface area contributed by atoms with Gasteiger partial charge in [-0.25, -0.2) is 4.39 Å². The summed E-state index contributed by atoms with van der Waals surface area (Å²) >= 11 is 1.82. The van der Waals surface area contributed by atoms with E-state index in [4.69, 9.17) is 0 Å². The molecular weight excluding hydrogens is 307 g/mol. The van der Waals surface area contributed by atoms with Gasteiger partial charge in [0.25, 0.3) is 0 Å². The third kappa shape index (κ3) is 3.02. The molecule has 1 unspecified atom stereocenters. The van der Waals surface area contributed by atoms with E-state index in [1.54, 1.807) is 6.07 Å². The number of thiophene rings is 1. The molecule has 4 rings (SSSR count). The van der Waals surface area contributed by atoms with Crippen LogP contribution >= 0.6 is 11.3 Å². The second-order valence-electron chi connectivity index (χ2n) is 5.93. The van der Waals surface area contributed by atoms with Gasteiger partial charge in [0, 0.05) is 35.8 Å². The molecule has 118 valence electrons. The fraction of sp³-hybridized carbons (Fsp3) is 0.263. The number of hydrogen-bond donors (Lipinski definition) is 1. The van der Waals surface area contributed by atoms with Gasteiger partial charge < -0.3 is 5.32 Å². The molecule has 1 atom stereocenters. The van der Waals surface area contributed by atoms with Gasteiger partial charge in [-0.15, -0.1) is 11.3 Å². The number of nitrogens with zero attached hydrogens (tertiary/aromatic N) is 1. The first-order valence-corrected chi connectivity index (χ1v) is 8.81. The van der Waals surface area contributed by atoms with Crippen LogP contribution in [0.1, 0.15) is 16.5 Å². The Kier molecular flexibility index (Phi) is 4.12. The lowest BCUT2D eigenvalue weighted by Crippen LogP contribution is -2.45. The predicted molar refractivity (Wildman–Crippen MR) is 94.5 cm³/mol. The quantitative estimate of drug-likeness (QED) is 0.781. The van der Waals surface area contributed by atoms with Gasteiger partial charge in [0.1, 0.15) is 5.82 Å². The average Bonchev–Trinajstić information content (AvgIpc) is 2.99. The topological polar surface area (TPSA) is 15.3 Å². The fourth-order valence-electron chi connectivity index (χ4n) is 3.31. The van der Waals surface area contributed by atoms with Crippen molar-refractivity contribution >= 4 is 21.4 Å². The first-order valence-electron chi connectivity index (χ1n) is 8.00. The van der Waals surface area contributed by atoms with E-state index in [1.807, 2.05) is 23.5 Å². The second kappa shape index (κ2) is 6.40. The molecule has 2 aromatic carbocycles. The van der Waals surface area contributed by atoms with Gasteiger partial charge in [0.2, 0.25) is 0 Å². The summed E-state index contributed by atoms with van der Waals surface area (Å²) in [6.07, 6.45) is 0. The fourth-order valence-corrected chi connectivity index (χ4v) is 4.54. The van der Waals surface area contributed by atoms with Crippen LogP contribution in [0.2, 0.25) is 0 Å². The lowest BCUT2D eigenvalue weighted by atomic mass is 10.0. The Bertz CT molecular complexity index is 775. The number of rotatable bonds is 3. The van der Waals surface area contributed by atoms with Crippen molar-refractivity contribution in [3.05, 3.63) is 70.9 Å². The minimum atomic E-state index is -0.163. The number of benzene rings is 2. The van der Waals surface area contributed by atoms with Crippen molar-refractivity contribution in [1.29, 1.82) is 0 Å². The predicted octanol–water partition coefficient (Wildman–Crippen LogP) is 4.04. The minimum Gasteiger partial charge on any atom is -0.314 e. The third-order valence-corrected chi connectivity index (χ3v) is 5.56. The molecule has 1 aliphatic rings. The van der Waals surface area contributed by atoms with E-state index >= 15 is 0 Å². The van der Waals surface area contributed by atoms with Crippen LogP contribution in [-0.4, -0.2) is 31.1 Å². The highest BCUT2D eigenvalue weighted by Gasteiger charge is 2.25. The van der Waals surface area contributed by atoms with Crippen molar-refractivity contribution < 1.29 is 4.39 Å². The molecule has 2 nitrogen and oxygen atoms in total. The van der Waals surface area contributed by atoms with Crippen molar-refractivity contribution in [2.45, 2.75) is 6.04 Å². The Morgan fingerprint density at radius 1 is 1.00 bits per heavy atom. The Labute approximate surface area is 139 Å². The molecule has 1 saturated heterocycles. The highest BCUT2D eigenvalue weighted by atomic mass is 32.1. The Morgan fingerprint density at radius 2 is 1.83 bits per heavy atom. The lowest BCUT2D eigenvalue weighted by molar-refractivity contribution is 0.200. The van der Waals surface area contributed by atoms with Crippen LogP contribution in [0.15, 0.2) is 54.6 Å². The zero-order valence-corrected chi connectivity index (χ0v) is 13.7. The molecule has 23 heavy (non-hydrogen) atoms. The monoisotopic (exact) mass is 326 g/mol. The molecular formula is C19H19FN2S. The molecule has 1 aromatic heterocycles. The van der Waals surface area contributed by atoms with E-state index in [0.29, 0.717) is 0 Å². The summed E-state index contributed by atoms with van der Waals surface area (Å²) in [5.74, 6) is -0.163. The lowest BCUT2D eigenvalue weighted by Gasteiger charge is -2.34. The van der Waals surface area contributed by atoms with Crippen molar-refractivity contribution in [2.24, 2.45) is 0 Å². The van der Waals surface area contributed by atoms with Gasteiger partial charge in [-0.1, -0.05) is 30.3 Å². The van der Waals surface area contributed by atoms with Gasteiger partial charge in [0.05, 0.1) is 6.04 Å². The summed E-state index contributed by atoms with van der Waals surface area (Å²) in [4.78, 5) is 3.74. The average molecular weight is 326 g/mol. The van der Waals surface area contributed by atoms with Gasteiger partial charge in [-0.3, -0.25) is 4.90 Å². The van der Waals surface area contributed by atoms with Crippen molar-refractivity contribution in [3.63, 3.8) is 0 Å². The third-order valence-electron chi connectivity index (χ3n) is 4.40. The molecule has 0 aliphatic carbocycles. The smallest absolute Gasteiger partial charge is 0.123 e. The van der Waals surface area contributed by atoms with Crippen molar-refractivity contribution in [2.75, 3.05) is 26.2 Å². The van der Waals surface area contributed by atoms with Crippen molar-refractivity contribution in [3.8, 4) is 0 Å². The van der Waals surface area contributed by atoms with Crippen LogP contribution in [0.3, 0.4) is 0 Å². The van der Waals surface area contributed by atoms with E-state index in [9.17, 15) is 4.39 Å². The number of hydrogen-bond acceptors (Lipinski definition) is 3. The zero-order valence-electron chi connectivity index (χ0n) is 12.8. The summed E-state index contributed by atoms with van der Waals surface area (Å²) < 4.78 is 15.1. The number of nitrogens with one attached hydrogen (secondary N) is 1. The van der Waals surface area contributed by atoms with Crippen LogP contribution in [0.4, 0.5) is 4.39 Å². The maximum absolute atomic E-state index is 13.8. The Hall–Kier alpha value is -1.75. The van der Waals surface area contributed by atoms with E-state index in [0.717, 1.165) is 31.7 Å². The molecule has 3 aromatic rings. The van der Waals surface area contributed by atoms with E-state index in [1.165, 1.54) is 21.0 Å². The number of fused-ring (bicyclic) bond motifs is 1. The minimum absolute atomic E-state index is 0.130. The zero-order chi connectivity index (χ0) is 15.6. The normalized spacial score (nSPS) is 17.4. The van der Waals surface area contributed by atoms with Gasteiger partial charge in [0.15, 0.2) is 0 Å². The highest BCUT2D eigenvalue weighted by molar-refractivity contribution is 7.19. The Balaban J connectivity index is 1.80. The van der Waals surface area contributed by atoms with Crippen LogP contribution in [0.5, 0.6) is 0 Å². The first kappa shape index (κ1) is 14.8. The number of halogens is 1. The van der Waals surface area contributed by atoms with E-state index in [2.05, 4.69) is 40.5 Å². The molecule has 4 heteroatoms. The molecule has 0 amide bonds. The second-order valence-corrected chi connectivity index (χ2v) is 7.05. The van der Waals surface area contributed by atoms with Crippen LogP contribution < -0.4 is 5.32 Å². The van der Waals surface area contributed by atoms with Gasteiger partial charge in [-0.05, 0) is 35.2 Å². The largest absolute Gasteiger partial charge is 0.314 e. The summed E-state index contributed by atoms with van der Waals surface area (Å²) in [6.45, 7) is 3.93. The van der Waals surface area contributed by atoms with E-state index < -0.39 is 0 Å². The SMILES string of the molecule is Fc1cccc(C(c2cc3ccccc3s2)N2CCNCC2)c1. The van der Waals surface area contributed by atoms with Crippen molar-refractivity contribution in [1.82, 2.24) is 10.2 Å². The summed E-state index contributed by atoms with van der Waals surface area (Å²) in [7, 11) is 0. The van der Waals surface area contributed by atoms with Crippen LogP contribution in [0.25, 0.3) is 10.1 Å². The summed E-state index contributed by atoms with van der Waals surface area (Å²) in [6, 6.07) is 17.9. The first-order chi connectivity index (χ1) is 11.3. The highest BCUT2D eigenvalue weighted by Crippen LogP contribution is 2.37. The van der Waals surface area contributed by atoms with Crippen LogP contribution in [-0.2, 0) is 0 Å². The maximum Gasteiger partial charge on any atom is 0.123 e. The van der Waals surface area contributed by atoms with E-state index in [-0.39, 0.29) is 11.9 Å². The Morgan fingerprint density at radius 3 is 2.61 bits per heavy atom. The summed E-state index contributed by atoms with van der Waals surface area (Å²) in [5.41, 5.74) is 1.04. The summed E-state index contributed by atoms with van der Waals surface area (Å²) in [5, 5.41) is 4.67. The molecule has 1 N–H and O–H groups in total.